The SMILES string of the molecule is O=C1[C@H](CC[C@H](O)c2ccc(F)cc2)[C@@H](c2ccc(OCc3ccc(C[N+]45CCC(CC4)CC5)cc3)cc2)N1c1ccc(F)cc1.[Br-]. The zero-order valence-electron chi connectivity index (χ0n) is 26.4. The molecule has 8 heteroatoms. The maximum atomic E-state index is 13.7. The predicted molar refractivity (Wildman–Crippen MR) is 174 cm³/mol. The van der Waals surface area contributed by atoms with Crippen LogP contribution in [-0.4, -0.2) is 35.1 Å². The molecule has 4 aromatic carbocycles. The maximum Gasteiger partial charge on any atom is 0.233 e. The second kappa shape index (κ2) is 14.3. The number of amides is 1. The second-order valence-corrected chi connectivity index (χ2v) is 13.5. The van der Waals surface area contributed by atoms with Gasteiger partial charge in [-0.2, -0.15) is 0 Å². The van der Waals surface area contributed by atoms with Crippen LogP contribution in [0.4, 0.5) is 14.5 Å². The molecule has 5 nitrogen and oxygen atoms in total. The lowest BCUT2D eigenvalue weighted by atomic mass is 9.78. The van der Waals surface area contributed by atoms with E-state index < -0.39 is 6.10 Å². The quantitative estimate of drug-likeness (QED) is 0.179. The Kier molecular flexibility index (Phi) is 10.1. The first-order valence-corrected chi connectivity index (χ1v) is 16.5. The summed E-state index contributed by atoms with van der Waals surface area (Å²) in [5, 5.41) is 10.7. The molecule has 4 fully saturated rings. The van der Waals surface area contributed by atoms with Gasteiger partial charge in [-0.1, -0.05) is 48.5 Å². The van der Waals surface area contributed by atoms with Gasteiger partial charge in [0.15, 0.2) is 0 Å². The first kappa shape index (κ1) is 33.3. The van der Waals surface area contributed by atoms with Crippen LogP contribution >= 0.6 is 0 Å². The van der Waals surface area contributed by atoms with Crippen molar-refractivity contribution >= 4 is 11.6 Å². The van der Waals surface area contributed by atoms with Gasteiger partial charge >= 0.3 is 0 Å². The molecule has 1 amide bonds. The molecule has 0 aromatic heterocycles. The number of nitrogens with zero attached hydrogens (tertiary/aromatic N) is 2. The number of carbonyl (C=O) groups is 1. The largest absolute Gasteiger partial charge is 1.00 e. The number of piperidine rings is 3. The lowest BCUT2D eigenvalue weighted by molar-refractivity contribution is -0.955. The molecule has 3 atom stereocenters. The molecule has 1 N–H and O–H groups in total. The van der Waals surface area contributed by atoms with Gasteiger partial charge in [-0.25, -0.2) is 8.78 Å². The number of carbonyl (C=O) groups excluding carboxylic acids is 1. The molecule has 0 aliphatic carbocycles. The Bertz CT molecular complexity index is 1630. The van der Waals surface area contributed by atoms with Crippen LogP contribution in [-0.2, 0) is 17.9 Å². The Morgan fingerprint density at radius 1 is 0.787 bits per heavy atom. The lowest BCUT2D eigenvalue weighted by Gasteiger charge is -2.49. The summed E-state index contributed by atoms with van der Waals surface area (Å²) >= 11 is 0. The summed E-state index contributed by atoms with van der Waals surface area (Å²) in [6, 6.07) is 28.1. The lowest BCUT2D eigenvalue weighted by Crippen LogP contribution is -3.00. The third-order valence-electron chi connectivity index (χ3n) is 10.5. The van der Waals surface area contributed by atoms with E-state index in [4.69, 9.17) is 4.74 Å². The molecular formula is C39H41BrF2N2O3. The average Bonchev–Trinajstić information content (AvgIpc) is 3.09. The van der Waals surface area contributed by atoms with E-state index in [1.165, 1.54) is 73.2 Å². The van der Waals surface area contributed by atoms with Gasteiger partial charge < -0.3 is 36.2 Å². The summed E-state index contributed by atoms with van der Waals surface area (Å²) in [5.41, 5.74) is 4.71. The van der Waals surface area contributed by atoms with Crippen molar-refractivity contribution in [2.45, 2.75) is 57.4 Å². The van der Waals surface area contributed by atoms with E-state index in [9.17, 15) is 18.7 Å². The highest BCUT2D eigenvalue weighted by molar-refractivity contribution is 6.03. The molecular weight excluding hydrogens is 662 g/mol. The fraction of sp³-hybridized carbons (Fsp3) is 0.359. The number of quaternary nitrogens is 1. The van der Waals surface area contributed by atoms with Crippen molar-refractivity contribution in [2.24, 2.45) is 11.8 Å². The van der Waals surface area contributed by atoms with E-state index in [-0.39, 0.29) is 46.5 Å². The molecule has 0 saturated carbocycles. The normalized spacial score (nSPS) is 23.9. The van der Waals surface area contributed by atoms with Crippen molar-refractivity contribution in [3.05, 3.63) is 131 Å². The van der Waals surface area contributed by atoms with E-state index in [1.807, 2.05) is 24.3 Å². The Balaban J connectivity index is 0.00000386. The third kappa shape index (κ3) is 7.30. The van der Waals surface area contributed by atoms with Crippen LogP contribution in [0.15, 0.2) is 97.1 Å². The first-order chi connectivity index (χ1) is 22.4. The molecule has 4 aromatic rings. The van der Waals surface area contributed by atoms with Crippen molar-refractivity contribution in [1.29, 1.82) is 0 Å². The van der Waals surface area contributed by atoms with E-state index >= 15 is 0 Å². The van der Waals surface area contributed by atoms with Gasteiger partial charge in [0, 0.05) is 11.3 Å². The zero-order chi connectivity index (χ0) is 31.7. The highest BCUT2D eigenvalue weighted by atomic mass is 79.9. The Morgan fingerprint density at radius 2 is 1.36 bits per heavy atom. The summed E-state index contributed by atoms with van der Waals surface area (Å²) in [4.78, 5) is 15.1. The maximum absolute atomic E-state index is 13.7. The van der Waals surface area contributed by atoms with Crippen molar-refractivity contribution < 1.29 is 44.9 Å². The van der Waals surface area contributed by atoms with Crippen LogP contribution in [0.2, 0.25) is 0 Å². The number of aliphatic hydroxyl groups is 1. The van der Waals surface area contributed by atoms with E-state index in [0.717, 1.165) is 29.3 Å². The molecule has 8 rings (SSSR count). The van der Waals surface area contributed by atoms with Gasteiger partial charge in [0.2, 0.25) is 5.91 Å². The number of fused-ring (bicyclic) bond motifs is 3. The fourth-order valence-electron chi connectivity index (χ4n) is 7.72. The summed E-state index contributed by atoms with van der Waals surface area (Å²) in [5.74, 6) is 0.561. The Morgan fingerprint density at radius 3 is 1.98 bits per heavy atom. The van der Waals surface area contributed by atoms with Gasteiger partial charge in [-0.05, 0) is 103 Å². The van der Waals surface area contributed by atoms with Crippen molar-refractivity contribution in [2.75, 3.05) is 24.5 Å². The topological polar surface area (TPSA) is 49.8 Å². The highest BCUT2D eigenvalue weighted by Gasteiger charge is 2.48. The van der Waals surface area contributed by atoms with E-state index in [1.54, 1.807) is 29.2 Å². The Hall–Kier alpha value is -3.59. The van der Waals surface area contributed by atoms with Gasteiger partial charge in [-0.15, -0.1) is 0 Å². The van der Waals surface area contributed by atoms with Gasteiger partial charge in [0.05, 0.1) is 37.7 Å². The standard InChI is InChI=1S/C39H41F2N2O3.BrH/c40-32-9-5-30(6-10-32)37(44)18-17-36-38(42(39(36)45)34-13-11-33(41)12-14-34)31-7-15-35(16-8-31)46-26-29-3-1-28(2-4-29)25-43-22-19-27(20-23-43)21-24-43;/h1-16,27,36-38,44H,17-26H2;1H/q+1;/p-1/t27?,36-,37+,38-,43?;/m1./s1. The minimum atomic E-state index is -0.806. The monoisotopic (exact) mass is 702 g/mol. The number of hydrogen-bond acceptors (Lipinski definition) is 3. The zero-order valence-corrected chi connectivity index (χ0v) is 28.0. The van der Waals surface area contributed by atoms with Crippen LogP contribution in [0.3, 0.4) is 0 Å². The Labute approximate surface area is 286 Å². The third-order valence-corrected chi connectivity index (χ3v) is 10.5. The molecule has 4 aliphatic heterocycles. The molecule has 4 saturated heterocycles. The van der Waals surface area contributed by atoms with Gasteiger partial charge in [-0.3, -0.25) is 4.79 Å². The molecule has 0 radical (unpaired) electrons. The fourth-order valence-corrected chi connectivity index (χ4v) is 7.72. The number of ether oxygens (including phenoxy) is 1. The number of anilines is 1. The van der Waals surface area contributed by atoms with Gasteiger partial charge in [0.25, 0.3) is 0 Å². The number of halogens is 3. The van der Waals surface area contributed by atoms with Crippen LogP contribution in [0.25, 0.3) is 0 Å². The number of rotatable bonds is 11. The second-order valence-electron chi connectivity index (χ2n) is 13.5. The molecule has 246 valence electrons. The van der Waals surface area contributed by atoms with Crippen LogP contribution < -0.4 is 26.6 Å². The highest BCUT2D eigenvalue weighted by Crippen LogP contribution is 2.46. The first-order valence-electron chi connectivity index (χ1n) is 16.5. The van der Waals surface area contributed by atoms with E-state index in [2.05, 4.69) is 24.3 Å². The number of aliphatic hydroxyl groups excluding tert-OH is 1. The summed E-state index contributed by atoms with van der Waals surface area (Å²) in [6.45, 7) is 5.55. The van der Waals surface area contributed by atoms with Crippen molar-refractivity contribution in [1.82, 2.24) is 0 Å². The summed E-state index contributed by atoms with van der Waals surface area (Å²) in [7, 11) is 0. The van der Waals surface area contributed by atoms with Crippen LogP contribution in [0, 0.1) is 23.5 Å². The average molecular weight is 704 g/mol. The minimum absolute atomic E-state index is 0. The number of hydrogen-bond donors (Lipinski definition) is 1. The number of benzene rings is 4. The molecule has 47 heavy (non-hydrogen) atoms. The van der Waals surface area contributed by atoms with E-state index in [0.29, 0.717) is 30.7 Å². The van der Waals surface area contributed by atoms with Crippen molar-refractivity contribution in [3.63, 3.8) is 0 Å². The minimum Gasteiger partial charge on any atom is -1.00 e. The van der Waals surface area contributed by atoms with Crippen LogP contribution in [0.5, 0.6) is 5.75 Å². The van der Waals surface area contributed by atoms with Gasteiger partial charge in [0.1, 0.15) is 30.5 Å². The molecule has 4 heterocycles. The van der Waals surface area contributed by atoms with Crippen molar-refractivity contribution in [3.8, 4) is 5.75 Å². The number of β-lactam (4-membered cyclic amide) rings is 1. The molecule has 0 unspecified atom stereocenters. The summed E-state index contributed by atoms with van der Waals surface area (Å²) in [6.07, 6.45) is 4.15. The molecule has 0 spiro atoms. The summed E-state index contributed by atoms with van der Waals surface area (Å²) < 4.78 is 34.4. The predicted octanol–water partition coefficient (Wildman–Crippen LogP) is 4.90. The smallest absolute Gasteiger partial charge is 0.233 e. The molecule has 2 bridgehead atoms. The van der Waals surface area contributed by atoms with Crippen LogP contribution in [0.1, 0.15) is 66.5 Å². The molecule has 4 aliphatic rings.